The Labute approximate surface area is 146 Å². The normalized spacial score (nSPS) is 16.7. The van der Waals surface area contributed by atoms with Crippen LogP contribution in [0.15, 0.2) is 48.5 Å². The van der Waals surface area contributed by atoms with E-state index in [-0.39, 0.29) is 23.5 Å². The highest BCUT2D eigenvalue weighted by Gasteiger charge is 2.31. The average Bonchev–Trinajstić information content (AvgIpc) is 3.12. The van der Waals surface area contributed by atoms with Crippen molar-refractivity contribution in [2.24, 2.45) is 5.92 Å². The number of carbonyl (C=O) groups is 2. The number of hydrogen-bond acceptors (Lipinski definition) is 2. The molecule has 0 saturated carbocycles. The minimum atomic E-state index is -0.387. The molecule has 1 aliphatic rings. The number of nitrogens with zero attached hydrogens (tertiary/aromatic N) is 1. The van der Waals surface area contributed by atoms with Gasteiger partial charge in [0, 0.05) is 25.2 Å². The van der Waals surface area contributed by atoms with E-state index in [1.54, 1.807) is 24.0 Å². The van der Waals surface area contributed by atoms with E-state index in [4.69, 9.17) is 0 Å². The number of hydrogen-bond donors (Lipinski definition) is 1. The molecule has 5 heteroatoms. The molecule has 0 radical (unpaired) electrons. The van der Waals surface area contributed by atoms with E-state index in [1.807, 2.05) is 30.3 Å². The monoisotopic (exact) mass is 340 g/mol. The summed E-state index contributed by atoms with van der Waals surface area (Å²) in [6, 6.07) is 14.2. The van der Waals surface area contributed by atoms with Gasteiger partial charge in [0.25, 0.3) is 5.91 Å². The highest BCUT2D eigenvalue weighted by molar-refractivity contribution is 5.95. The van der Waals surface area contributed by atoms with Crippen LogP contribution in [0.2, 0.25) is 0 Å². The lowest BCUT2D eigenvalue weighted by molar-refractivity contribution is -0.124. The van der Waals surface area contributed by atoms with Gasteiger partial charge in [-0.05, 0) is 36.6 Å². The second kappa shape index (κ2) is 7.47. The van der Waals surface area contributed by atoms with Crippen molar-refractivity contribution in [1.82, 2.24) is 10.2 Å². The largest absolute Gasteiger partial charge is 0.352 e. The molecule has 2 aromatic rings. The summed E-state index contributed by atoms with van der Waals surface area (Å²) in [6.45, 7) is 3.02. The quantitative estimate of drug-likeness (QED) is 0.930. The Balaban J connectivity index is 1.56. The fraction of sp³-hybridized carbons (Fsp3) is 0.300. The van der Waals surface area contributed by atoms with Crippen molar-refractivity contribution >= 4 is 11.8 Å². The van der Waals surface area contributed by atoms with Crippen LogP contribution in [-0.4, -0.2) is 29.8 Å². The number of amides is 2. The van der Waals surface area contributed by atoms with Crippen molar-refractivity contribution in [3.05, 3.63) is 71.0 Å². The number of rotatable bonds is 4. The third-order valence-electron chi connectivity index (χ3n) is 4.57. The zero-order chi connectivity index (χ0) is 17.8. The molecule has 1 saturated heterocycles. The highest BCUT2D eigenvalue weighted by Crippen LogP contribution is 2.20. The molecule has 130 valence electrons. The van der Waals surface area contributed by atoms with Gasteiger partial charge in [-0.15, -0.1) is 0 Å². The molecule has 1 fully saturated rings. The van der Waals surface area contributed by atoms with E-state index in [9.17, 15) is 14.0 Å². The number of aryl methyl sites for hydroxylation is 1. The lowest BCUT2D eigenvalue weighted by atomic mass is 10.1. The van der Waals surface area contributed by atoms with Crippen LogP contribution >= 0.6 is 0 Å². The lowest BCUT2D eigenvalue weighted by Gasteiger charge is -2.17. The molecular weight excluding hydrogens is 319 g/mol. The first-order valence-electron chi connectivity index (χ1n) is 8.41. The molecule has 1 atom stereocenters. The first-order chi connectivity index (χ1) is 12.0. The van der Waals surface area contributed by atoms with Crippen LogP contribution in [0.25, 0.3) is 0 Å². The van der Waals surface area contributed by atoms with Crippen LogP contribution < -0.4 is 5.32 Å². The Morgan fingerprint density at radius 3 is 2.68 bits per heavy atom. The lowest BCUT2D eigenvalue weighted by Crippen LogP contribution is -2.34. The van der Waals surface area contributed by atoms with E-state index < -0.39 is 0 Å². The summed E-state index contributed by atoms with van der Waals surface area (Å²) in [5, 5.41) is 2.92. The van der Waals surface area contributed by atoms with E-state index in [2.05, 4.69) is 5.32 Å². The Morgan fingerprint density at radius 2 is 1.96 bits per heavy atom. The minimum Gasteiger partial charge on any atom is -0.352 e. The van der Waals surface area contributed by atoms with Crippen LogP contribution in [0.4, 0.5) is 4.39 Å². The van der Waals surface area contributed by atoms with Crippen molar-refractivity contribution in [3.8, 4) is 0 Å². The predicted molar refractivity (Wildman–Crippen MR) is 93.4 cm³/mol. The molecule has 0 spiro atoms. The van der Waals surface area contributed by atoms with Gasteiger partial charge >= 0.3 is 0 Å². The number of likely N-dealkylation sites (tertiary alicyclic amines) is 1. The van der Waals surface area contributed by atoms with Gasteiger partial charge in [-0.1, -0.05) is 36.4 Å². The molecule has 1 heterocycles. The van der Waals surface area contributed by atoms with Crippen LogP contribution in [0.5, 0.6) is 0 Å². The first-order valence-corrected chi connectivity index (χ1v) is 8.41. The van der Waals surface area contributed by atoms with Gasteiger partial charge in [-0.25, -0.2) is 4.39 Å². The number of halogens is 1. The summed E-state index contributed by atoms with van der Waals surface area (Å²) in [5.74, 6) is -0.878. The molecule has 25 heavy (non-hydrogen) atoms. The van der Waals surface area contributed by atoms with Crippen molar-refractivity contribution in [2.75, 3.05) is 13.1 Å². The first kappa shape index (κ1) is 17.1. The zero-order valence-corrected chi connectivity index (χ0v) is 14.2. The van der Waals surface area contributed by atoms with Gasteiger partial charge < -0.3 is 10.2 Å². The zero-order valence-electron chi connectivity index (χ0n) is 14.2. The van der Waals surface area contributed by atoms with E-state index in [1.165, 1.54) is 6.07 Å². The molecule has 3 rings (SSSR count). The Morgan fingerprint density at radius 1 is 1.20 bits per heavy atom. The van der Waals surface area contributed by atoms with Crippen LogP contribution in [-0.2, 0) is 11.3 Å². The van der Waals surface area contributed by atoms with E-state index in [0.717, 1.165) is 5.56 Å². The molecule has 4 nitrogen and oxygen atoms in total. The molecule has 0 bridgehead atoms. The molecule has 1 unspecified atom stereocenters. The SMILES string of the molecule is Cc1ccc(C(=O)N2CCC(C(=O)NCc3ccccc3)C2)cc1F. The van der Waals surface area contributed by atoms with Gasteiger partial charge in [-0.2, -0.15) is 0 Å². The summed E-state index contributed by atoms with van der Waals surface area (Å²) >= 11 is 0. The summed E-state index contributed by atoms with van der Waals surface area (Å²) in [7, 11) is 0. The summed E-state index contributed by atoms with van der Waals surface area (Å²) < 4.78 is 13.7. The molecular formula is C20H21FN2O2. The Kier molecular flexibility index (Phi) is 5.12. The van der Waals surface area contributed by atoms with E-state index >= 15 is 0 Å². The fourth-order valence-corrected chi connectivity index (χ4v) is 3.00. The van der Waals surface area contributed by atoms with Gasteiger partial charge in [0.2, 0.25) is 5.91 Å². The number of benzene rings is 2. The predicted octanol–water partition coefficient (Wildman–Crippen LogP) is 2.91. The number of carbonyl (C=O) groups excluding carboxylic acids is 2. The van der Waals surface area contributed by atoms with Gasteiger partial charge in [0.15, 0.2) is 0 Å². The smallest absolute Gasteiger partial charge is 0.253 e. The fourth-order valence-electron chi connectivity index (χ4n) is 3.00. The third kappa shape index (κ3) is 4.05. The van der Waals surface area contributed by atoms with Crippen LogP contribution in [0.1, 0.15) is 27.9 Å². The molecule has 2 amide bonds. The maximum absolute atomic E-state index is 13.7. The minimum absolute atomic E-state index is 0.0470. The molecule has 0 aliphatic carbocycles. The average molecular weight is 340 g/mol. The summed E-state index contributed by atoms with van der Waals surface area (Å²) in [5.41, 5.74) is 1.88. The van der Waals surface area contributed by atoms with Gasteiger partial charge in [0.1, 0.15) is 5.82 Å². The molecule has 0 aromatic heterocycles. The second-order valence-electron chi connectivity index (χ2n) is 6.40. The second-order valence-corrected chi connectivity index (χ2v) is 6.40. The number of nitrogens with one attached hydrogen (secondary N) is 1. The van der Waals surface area contributed by atoms with Crippen molar-refractivity contribution in [3.63, 3.8) is 0 Å². The van der Waals surface area contributed by atoms with Gasteiger partial charge in [0.05, 0.1) is 5.92 Å². The molecule has 2 aromatic carbocycles. The standard InChI is InChI=1S/C20H21FN2O2/c1-14-7-8-16(11-18(14)21)20(25)23-10-9-17(13-23)19(24)22-12-15-5-3-2-4-6-15/h2-8,11,17H,9-10,12-13H2,1H3,(H,22,24). The van der Waals surface area contributed by atoms with E-state index in [0.29, 0.717) is 37.2 Å². The maximum atomic E-state index is 13.7. The van der Waals surface area contributed by atoms with Crippen LogP contribution in [0.3, 0.4) is 0 Å². The third-order valence-corrected chi connectivity index (χ3v) is 4.57. The molecule has 1 N–H and O–H groups in total. The molecule has 1 aliphatic heterocycles. The van der Waals surface area contributed by atoms with Crippen molar-refractivity contribution in [1.29, 1.82) is 0 Å². The summed E-state index contributed by atoms with van der Waals surface area (Å²) in [6.07, 6.45) is 0.626. The summed E-state index contributed by atoms with van der Waals surface area (Å²) in [4.78, 5) is 26.4. The van der Waals surface area contributed by atoms with Gasteiger partial charge in [-0.3, -0.25) is 9.59 Å². The topological polar surface area (TPSA) is 49.4 Å². The highest BCUT2D eigenvalue weighted by atomic mass is 19.1. The Hall–Kier alpha value is -2.69. The van der Waals surface area contributed by atoms with Crippen molar-refractivity contribution in [2.45, 2.75) is 19.9 Å². The Bertz CT molecular complexity index is 777. The van der Waals surface area contributed by atoms with Crippen LogP contribution in [0, 0.1) is 18.7 Å². The van der Waals surface area contributed by atoms with Crippen molar-refractivity contribution < 1.29 is 14.0 Å². The maximum Gasteiger partial charge on any atom is 0.253 e.